The fraction of sp³-hybridized carbons (Fsp3) is 0.138. The minimum atomic E-state index is -5.59. The van der Waals surface area contributed by atoms with Crippen LogP contribution in [-0.4, -0.2) is 159 Å². The number of carboxylic acid groups (broad SMARTS) is 3. The molecule has 1 aliphatic carbocycles. The number of carboxylic acids is 3. The van der Waals surface area contributed by atoms with Crippen LogP contribution in [0.2, 0.25) is 0 Å². The Labute approximate surface area is 838 Å². The summed E-state index contributed by atoms with van der Waals surface area (Å²) >= 11 is 19.4. The number of carbonyl (C=O) groups excluding carboxylic acids is 5. The van der Waals surface area contributed by atoms with Gasteiger partial charge in [0.2, 0.25) is 11.0 Å². The second-order valence-electron chi connectivity index (χ2n) is 30.9. The first-order valence-electron chi connectivity index (χ1n) is 42.0. The lowest BCUT2D eigenvalue weighted by Crippen LogP contribution is -2.45. The van der Waals surface area contributed by atoms with Crippen LogP contribution in [0.15, 0.2) is 285 Å². The third kappa shape index (κ3) is 25.2. The smallest absolute Gasteiger partial charge is 0.337 e. The number of hydrogen-bond donors (Lipinski definition) is 11. The van der Waals surface area contributed by atoms with Crippen LogP contribution >= 0.6 is 95.0 Å². The normalized spacial score (nSPS) is 16.6. The largest absolute Gasteiger partial charge is 0.872 e. The van der Waals surface area contributed by atoms with E-state index >= 15 is 0 Å². The zero-order chi connectivity index (χ0) is 102. The van der Waals surface area contributed by atoms with Crippen molar-refractivity contribution < 1.29 is 124 Å². The molecule has 4 unspecified atom stereocenters. The lowest BCUT2D eigenvalue weighted by atomic mass is 9.90. The molecule has 2 fully saturated rings. The Bertz CT molecular complexity index is 7760. The van der Waals surface area contributed by atoms with Gasteiger partial charge in [-0.15, -0.1) is 5.75 Å². The molecule has 2 aromatic heterocycles. The summed E-state index contributed by atoms with van der Waals surface area (Å²) in [5.41, 5.74) is 2.48. The van der Waals surface area contributed by atoms with Gasteiger partial charge in [0.1, 0.15) is 44.9 Å². The maximum Gasteiger partial charge on any atom is 0.337 e. The SMILES string of the molecule is O=C(Nc1ccccc1C(=O)O)c1ccc2c(c1)C(=O)N(c1ccc(Br)cc1)C2=O.O=C(O)C(Cc1ccccc1)N1C(=O)/C(=C/c2cccc(Br)c2)SC1=S.O=C(O)c1cc(NC(=S)NCCCCCCOP(=O)([O-])OP(=O)([O-])OC[C@H]2O[C@@H](n3ccc(=O)[nH]c3=O)C(O)[C@H]2O)ccc1-c1c2ccc(=O)cc-2oc2cc([O-])ccc12.O=C1N=c2ccccc2=C1c1sc(NS(=O)(=O)c2ccccc2)nc1O. The molecule has 7 atom stereocenters. The highest BCUT2D eigenvalue weighted by molar-refractivity contribution is 9.10. The zero-order valence-corrected chi connectivity index (χ0v) is 81.8. The van der Waals surface area contributed by atoms with Crippen molar-refractivity contribution in [1.82, 2.24) is 24.8 Å². The van der Waals surface area contributed by atoms with E-state index in [4.69, 9.17) is 33.6 Å². The molecule has 17 rings (SSSR count). The molecule has 2 saturated heterocycles. The summed E-state index contributed by atoms with van der Waals surface area (Å²) in [6, 6.07) is 61.1. The van der Waals surface area contributed by atoms with Crippen LogP contribution in [0.1, 0.15) is 99.7 Å². The number of ether oxygens (including phenoxy) is 1. The molecule has 0 bridgehead atoms. The van der Waals surface area contributed by atoms with Gasteiger partial charge < -0.3 is 79.7 Å². The van der Waals surface area contributed by atoms with Gasteiger partial charge in [0.15, 0.2) is 16.8 Å². The molecule has 5 amide bonds. The molecule has 142 heavy (non-hydrogen) atoms. The Balaban J connectivity index is 0.000000163. The van der Waals surface area contributed by atoms with Gasteiger partial charge in [0.05, 0.1) is 67.6 Å². The molecule has 0 saturated carbocycles. The van der Waals surface area contributed by atoms with Crippen LogP contribution in [-0.2, 0) is 58.1 Å². The molecule has 11 N–H and O–H groups in total. The second-order valence-corrected chi connectivity index (χ2v) is 40.4. The number of sulfonamides is 1. The molecule has 48 heteroatoms. The maximum atomic E-state index is 12.9. The van der Waals surface area contributed by atoms with Crippen LogP contribution in [0, 0.1) is 0 Å². The number of thiazole rings is 1. The number of aromatic amines is 1. The lowest BCUT2D eigenvalue weighted by molar-refractivity contribution is -0.268. The van der Waals surface area contributed by atoms with Gasteiger partial charge in [0.25, 0.3) is 60.8 Å². The summed E-state index contributed by atoms with van der Waals surface area (Å²) in [6.07, 6.45) is -1.91. The van der Waals surface area contributed by atoms with Gasteiger partial charge in [-0.25, -0.2) is 41.8 Å². The van der Waals surface area contributed by atoms with Gasteiger partial charge >= 0.3 is 23.6 Å². The van der Waals surface area contributed by atoms with Gasteiger partial charge in [-0.3, -0.25) is 61.9 Å². The number of nitrogens with zero attached hydrogens (tertiary/aromatic N) is 5. The minimum absolute atomic E-state index is 0.0361. The number of fused-ring (bicyclic) bond motifs is 4. The van der Waals surface area contributed by atoms with Gasteiger partial charge in [-0.1, -0.05) is 189 Å². The highest BCUT2D eigenvalue weighted by Crippen LogP contribution is 2.56. The zero-order valence-electron chi connectivity index (χ0n) is 72.7. The number of aromatic carboxylic acids is 2. The Morgan fingerprint density at radius 3 is 2.07 bits per heavy atom. The number of H-pyrrole nitrogens is 1. The monoisotopic (exact) mass is 2190 g/mol. The summed E-state index contributed by atoms with van der Waals surface area (Å²) in [6.45, 7) is -1.05. The number of benzene rings is 10. The van der Waals surface area contributed by atoms with E-state index in [-0.39, 0.29) is 105 Å². The summed E-state index contributed by atoms with van der Waals surface area (Å²) in [5.74, 6) is -6.52. The number of thiocarbonyl (C=S) groups is 2. The van der Waals surface area contributed by atoms with Crippen LogP contribution in [0.4, 0.5) is 22.2 Å². The van der Waals surface area contributed by atoms with Crippen LogP contribution in [0.3, 0.4) is 0 Å². The van der Waals surface area contributed by atoms with Crippen molar-refractivity contribution in [3.8, 4) is 34.1 Å². The van der Waals surface area contributed by atoms with Crippen LogP contribution in [0.25, 0.3) is 45.1 Å². The number of anilines is 4. The third-order valence-corrected chi connectivity index (χ3v) is 28.9. The molecular weight excluding hydrogens is 2120 g/mol. The number of hydrogen-bond acceptors (Lipinski definition) is 31. The number of phosphoric ester groups is 2. The number of imide groups is 1. The summed E-state index contributed by atoms with van der Waals surface area (Å²) in [4.78, 5) is 171. The number of para-hydroxylation sites is 2. The van der Waals surface area contributed by atoms with Crippen LogP contribution < -0.4 is 67.7 Å². The van der Waals surface area contributed by atoms with Crippen molar-refractivity contribution >= 4 is 207 Å². The number of aliphatic hydroxyl groups excluding tert-OH is 2. The molecule has 7 heterocycles. The quantitative estimate of drug-likeness (QED) is 0.00497. The summed E-state index contributed by atoms with van der Waals surface area (Å²) in [5, 5.41) is 82.0. The fourth-order valence-corrected chi connectivity index (χ4v) is 21.2. The lowest BCUT2D eigenvalue weighted by Gasteiger charge is -2.31. The van der Waals surface area contributed by atoms with Crippen molar-refractivity contribution in [2.24, 2.45) is 4.99 Å². The van der Waals surface area contributed by atoms with Crippen molar-refractivity contribution in [2.45, 2.75) is 67.6 Å². The standard InChI is InChI=1S/C36H38N4O17P2S.C22H13BrN2O5.C19H14BrNO3S2.C17H11N3O4S2/c41-20-6-9-23-26(16-20)55-27-17-21(42)7-10-24(27)30(23)22-8-5-19(15-25(22)34(46)47)38-35(60)37-12-3-1-2-4-14-53-58(49,50)57-59(51,52)54-18-28-31(44)32(45)33(56-28)40-13-11-29(43)39-36(40)48;23-13-6-8-14(9-7-13)25-20(27)15-10-5-12(11-17(15)21(25)28)19(26)24-18-4-2-1-3-16(18)22(29)30;20-14-8-4-7-13(9-14)11-16-17(22)21(19(25)26-16)15(18(23)24)10-12-5-2-1-3-6-12;21-15-13(11-8-4-5-9-12(11)18-15)14-16(22)19-17(25-14)20-26(23,24)10-6-2-1-3-7-10/h5-11,13,15-17,28,31-33,41,44-45H,1-4,12,14,18H2,(H,46,47)(H,49,50)(H,51,52)(H2,37,38,60)(H,39,43,48);1-11H,(H,24,26)(H,29,30);1-9,11,15H,10H2,(H,23,24);1-9,22H,(H,19,20)/p-3/b;;16-11-;/t28-,31+,32?,33-;;;/m1.../s1. The number of carbonyl (C=O) groups is 8. The minimum Gasteiger partial charge on any atom is -0.872 e. The van der Waals surface area contributed by atoms with E-state index in [9.17, 15) is 116 Å². The Kier molecular flexibility index (Phi) is 33.2. The number of aromatic hydroxyl groups is 1. The molecule has 5 aliphatic heterocycles. The number of halogens is 2. The molecule has 0 spiro atoms. The average Bonchev–Trinajstić information content (AvgIpc) is 1.52. The first-order chi connectivity index (χ1) is 67.7. The van der Waals surface area contributed by atoms with E-state index < -0.39 is 128 Å². The number of aliphatic hydroxyl groups is 2. The molecule has 0 radical (unpaired) electrons. The number of thioether (sulfide) groups is 1. The van der Waals surface area contributed by atoms with E-state index in [1.54, 1.807) is 97.1 Å². The van der Waals surface area contributed by atoms with Gasteiger partial charge in [0, 0.05) is 73.2 Å². The number of amides is 5. The molecule has 39 nitrogen and oxygen atoms in total. The number of aliphatic carboxylic acids is 1. The van der Waals surface area contributed by atoms with Crippen molar-refractivity contribution in [1.29, 1.82) is 0 Å². The maximum absolute atomic E-state index is 12.9. The highest BCUT2D eigenvalue weighted by Gasteiger charge is 2.46. The van der Waals surface area contributed by atoms with E-state index in [2.05, 4.69) is 75.9 Å². The summed E-state index contributed by atoms with van der Waals surface area (Å²) in [7, 11) is -14.9. The second kappa shape index (κ2) is 45.4. The van der Waals surface area contributed by atoms with E-state index in [0.29, 0.717) is 74.7 Å². The number of nitrogens with one attached hydrogen (secondary N) is 5. The predicted molar refractivity (Wildman–Crippen MR) is 529 cm³/mol. The number of phosphoric acid groups is 2. The topological polar surface area (TPSA) is 597 Å². The Morgan fingerprint density at radius 1 is 0.676 bits per heavy atom. The average molecular weight is 2190 g/mol. The van der Waals surface area contributed by atoms with E-state index in [1.165, 1.54) is 89.8 Å². The first-order valence-corrected chi connectivity index (χ1v) is 50.4. The number of rotatable bonds is 30. The van der Waals surface area contributed by atoms with Crippen LogP contribution in [0.5, 0.6) is 11.6 Å². The van der Waals surface area contributed by atoms with Gasteiger partial charge in [-0.05, 0) is 163 Å². The molecule has 11 aromatic rings. The molecule has 730 valence electrons. The van der Waals surface area contributed by atoms with E-state index in [1.807, 2.05) is 59.6 Å². The fourth-order valence-electron chi connectivity index (χ4n) is 14.7. The Morgan fingerprint density at radius 2 is 1.35 bits per heavy atom. The van der Waals surface area contributed by atoms with Crippen molar-refractivity contribution in [2.75, 3.05) is 40.0 Å². The number of unbranched alkanes of at least 4 members (excludes halogenated alkanes) is 3. The Hall–Kier alpha value is -13.9. The summed E-state index contributed by atoms with van der Waals surface area (Å²) < 4.78 is 78.5. The molecular formula is C94H73Br2N10O29P2S5-3. The van der Waals surface area contributed by atoms with Crippen molar-refractivity contribution in [3.05, 3.63) is 342 Å². The number of aromatic nitrogens is 3. The molecule has 6 aliphatic rings. The third-order valence-electron chi connectivity index (χ3n) is 21.3. The first kappa shape index (κ1) is 104. The van der Waals surface area contributed by atoms with Gasteiger partial charge in [-0.2, -0.15) is 4.98 Å². The van der Waals surface area contributed by atoms with Crippen molar-refractivity contribution in [3.63, 3.8) is 0 Å². The highest BCUT2D eigenvalue weighted by atomic mass is 79.9. The predicted octanol–water partition coefficient (Wildman–Crippen LogP) is 10.9. The molecule has 9 aromatic carbocycles. The van der Waals surface area contributed by atoms with E-state index in [0.717, 1.165) is 64.9 Å².